The highest BCUT2D eigenvalue weighted by molar-refractivity contribution is 5.93. The van der Waals surface area contributed by atoms with Crippen LogP contribution in [0, 0.1) is 5.92 Å². The molecule has 3 N–H and O–H groups in total. The summed E-state index contributed by atoms with van der Waals surface area (Å²) in [4.78, 5) is 19.0. The Morgan fingerprint density at radius 2 is 1.96 bits per heavy atom. The first-order valence-electron chi connectivity index (χ1n) is 10.7. The molecule has 0 unspecified atom stereocenters. The van der Waals surface area contributed by atoms with Crippen LogP contribution in [-0.2, 0) is 11.3 Å². The number of carbonyl (C=O) groups is 1. The third kappa shape index (κ3) is 5.71. The van der Waals surface area contributed by atoms with Gasteiger partial charge < -0.3 is 20.9 Å². The van der Waals surface area contributed by atoms with Crippen molar-refractivity contribution in [3.63, 3.8) is 0 Å². The lowest BCUT2D eigenvalue weighted by molar-refractivity contribution is -0.122. The summed E-state index contributed by atoms with van der Waals surface area (Å²) in [7, 11) is 1.81. The maximum atomic E-state index is 12.1. The summed E-state index contributed by atoms with van der Waals surface area (Å²) in [6.45, 7) is 7.47. The van der Waals surface area contributed by atoms with E-state index < -0.39 is 0 Å². The molecule has 0 spiro atoms. The number of nitrogens with one attached hydrogen (secondary N) is 3. The molecule has 1 heterocycles. The van der Waals surface area contributed by atoms with E-state index in [2.05, 4.69) is 45.8 Å². The zero-order valence-electron chi connectivity index (χ0n) is 17.5. The van der Waals surface area contributed by atoms with Crippen molar-refractivity contribution in [2.45, 2.75) is 64.6 Å². The topological polar surface area (TPSA) is 68.8 Å². The van der Waals surface area contributed by atoms with Gasteiger partial charge in [0.2, 0.25) is 5.91 Å². The van der Waals surface area contributed by atoms with Crippen LogP contribution in [0.4, 0.5) is 5.69 Å². The summed E-state index contributed by atoms with van der Waals surface area (Å²) in [5.41, 5.74) is 2.00. The van der Waals surface area contributed by atoms with Crippen LogP contribution in [0.5, 0.6) is 0 Å². The molecule has 0 atom stereocenters. The van der Waals surface area contributed by atoms with Gasteiger partial charge in [-0.3, -0.25) is 9.79 Å². The standard InChI is InChI=1S/C22H35N5O/c1-16(2)27-12-10-19(11-13-27)26-22(23-3)24-15-17-6-4-9-20(14-17)25-21(28)18-7-5-8-18/h4,6,9,14,16,18-19H,5,7-8,10-13,15H2,1-3H3,(H,25,28)(H2,23,24,26). The summed E-state index contributed by atoms with van der Waals surface area (Å²) >= 11 is 0. The van der Waals surface area contributed by atoms with Gasteiger partial charge in [-0.2, -0.15) is 0 Å². The Balaban J connectivity index is 1.46. The number of carbonyl (C=O) groups excluding carboxylic acids is 1. The Bertz CT molecular complexity index is 675. The molecule has 0 radical (unpaired) electrons. The van der Waals surface area contributed by atoms with E-state index in [9.17, 15) is 4.79 Å². The predicted molar refractivity (Wildman–Crippen MR) is 115 cm³/mol. The molecule has 2 fully saturated rings. The summed E-state index contributed by atoms with van der Waals surface area (Å²) < 4.78 is 0. The molecule has 0 bridgehead atoms. The van der Waals surface area contributed by atoms with Gasteiger partial charge in [-0.05, 0) is 57.2 Å². The number of likely N-dealkylation sites (tertiary alicyclic amines) is 1. The van der Waals surface area contributed by atoms with E-state index in [1.54, 1.807) is 0 Å². The van der Waals surface area contributed by atoms with Crippen molar-refractivity contribution in [1.82, 2.24) is 15.5 Å². The summed E-state index contributed by atoms with van der Waals surface area (Å²) in [5.74, 6) is 1.19. The number of guanidine groups is 1. The van der Waals surface area contributed by atoms with Crippen LogP contribution >= 0.6 is 0 Å². The molecule has 1 saturated heterocycles. The van der Waals surface area contributed by atoms with E-state index in [0.29, 0.717) is 18.6 Å². The van der Waals surface area contributed by atoms with E-state index in [1.807, 2.05) is 25.2 Å². The van der Waals surface area contributed by atoms with Crippen LogP contribution in [0.2, 0.25) is 0 Å². The molecule has 1 aromatic carbocycles. The fraction of sp³-hybridized carbons (Fsp3) is 0.636. The SMILES string of the molecule is CN=C(NCc1cccc(NC(=O)C2CCC2)c1)NC1CCN(C(C)C)CC1. The molecule has 1 amide bonds. The molecule has 6 nitrogen and oxygen atoms in total. The van der Waals surface area contributed by atoms with Gasteiger partial charge >= 0.3 is 0 Å². The predicted octanol–water partition coefficient (Wildman–Crippen LogP) is 2.96. The zero-order chi connectivity index (χ0) is 19.9. The number of amides is 1. The van der Waals surface area contributed by atoms with Gasteiger partial charge in [-0.1, -0.05) is 18.6 Å². The highest BCUT2D eigenvalue weighted by atomic mass is 16.1. The monoisotopic (exact) mass is 385 g/mol. The quantitative estimate of drug-likeness (QED) is 0.520. The first-order valence-corrected chi connectivity index (χ1v) is 10.7. The number of aliphatic imine (C=N–C) groups is 1. The van der Waals surface area contributed by atoms with Gasteiger partial charge in [0.15, 0.2) is 5.96 Å². The minimum Gasteiger partial charge on any atom is -0.354 e. The third-order valence-corrected chi connectivity index (χ3v) is 5.95. The maximum Gasteiger partial charge on any atom is 0.227 e. The van der Waals surface area contributed by atoms with Crippen LogP contribution in [0.3, 0.4) is 0 Å². The van der Waals surface area contributed by atoms with Crippen molar-refractivity contribution in [3.05, 3.63) is 29.8 Å². The molecule has 6 heteroatoms. The Kier molecular flexibility index (Phi) is 7.31. The van der Waals surface area contributed by atoms with Gasteiger partial charge in [-0.25, -0.2) is 0 Å². The number of piperidine rings is 1. The van der Waals surface area contributed by atoms with Crippen LogP contribution in [0.25, 0.3) is 0 Å². The molecular weight excluding hydrogens is 350 g/mol. The molecule has 1 aliphatic carbocycles. The molecule has 0 aromatic heterocycles. The van der Waals surface area contributed by atoms with Crippen molar-refractivity contribution in [1.29, 1.82) is 0 Å². The number of nitrogens with zero attached hydrogens (tertiary/aromatic N) is 2. The minimum atomic E-state index is 0.154. The van der Waals surface area contributed by atoms with Crippen molar-refractivity contribution >= 4 is 17.6 Å². The molecule has 3 rings (SSSR count). The Labute approximate surface area is 169 Å². The minimum absolute atomic E-state index is 0.154. The van der Waals surface area contributed by atoms with Gasteiger partial charge in [0, 0.05) is 50.4 Å². The smallest absolute Gasteiger partial charge is 0.227 e. The first-order chi connectivity index (χ1) is 13.5. The number of anilines is 1. The van der Waals surface area contributed by atoms with Crippen LogP contribution in [-0.4, -0.2) is 49.0 Å². The molecule has 1 saturated carbocycles. The Morgan fingerprint density at radius 3 is 2.57 bits per heavy atom. The summed E-state index contributed by atoms with van der Waals surface area (Å²) in [5, 5.41) is 10.0. The second kappa shape index (κ2) is 9.92. The molecule has 1 aromatic rings. The zero-order valence-corrected chi connectivity index (χ0v) is 17.5. The number of hydrogen-bond acceptors (Lipinski definition) is 3. The van der Waals surface area contributed by atoms with Crippen molar-refractivity contribution < 1.29 is 4.79 Å². The average molecular weight is 386 g/mol. The fourth-order valence-corrected chi connectivity index (χ4v) is 3.81. The van der Waals surface area contributed by atoms with Crippen molar-refractivity contribution in [2.24, 2.45) is 10.9 Å². The van der Waals surface area contributed by atoms with Crippen molar-refractivity contribution in [3.8, 4) is 0 Å². The fourth-order valence-electron chi connectivity index (χ4n) is 3.81. The summed E-state index contributed by atoms with van der Waals surface area (Å²) in [6.07, 6.45) is 5.49. The van der Waals surface area contributed by atoms with Gasteiger partial charge in [0.05, 0.1) is 0 Å². The number of rotatable bonds is 6. The third-order valence-electron chi connectivity index (χ3n) is 5.95. The van der Waals surface area contributed by atoms with E-state index in [0.717, 1.165) is 56.0 Å². The number of benzene rings is 1. The largest absolute Gasteiger partial charge is 0.354 e. The molecule has 2 aliphatic rings. The van der Waals surface area contributed by atoms with Crippen LogP contribution in [0.15, 0.2) is 29.3 Å². The lowest BCUT2D eigenvalue weighted by atomic mass is 9.85. The van der Waals surface area contributed by atoms with E-state index in [4.69, 9.17) is 0 Å². The lowest BCUT2D eigenvalue weighted by Crippen LogP contribution is -2.49. The van der Waals surface area contributed by atoms with Crippen LogP contribution in [0.1, 0.15) is 51.5 Å². The second-order valence-corrected chi connectivity index (χ2v) is 8.29. The highest BCUT2D eigenvalue weighted by Gasteiger charge is 2.25. The van der Waals surface area contributed by atoms with Gasteiger partial charge in [0.25, 0.3) is 0 Å². The van der Waals surface area contributed by atoms with E-state index in [-0.39, 0.29) is 11.8 Å². The normalized spacial score (nSPS) is 19.4. The second-order valence-electron chi connectivity index (χ2n) is 8.29. The molecule has 28 heavy (non-hydrogen) atoms. The van der Waals surface area contributed by atoms with E-state index in [1.165, 1.54) is 6.42 Å². The Morgan fingerprint density at radius 1 is 1.21 bits per heavy atom. The highest BCUT2D eigenvalue weighted by Crippen LogP contribution is 2.27. The average Bonchev–Trinajstić information content (AvgIpc) is 2.64. The number of hydrogen-bond donors (Lipinski definition) is 3. The van der Waals surface area contributed by atoms with Gasteiger partial charge in [0.1, 0.15) is 0 Å². The van der Waals surface area contributed by atoms with E-state index >= 15 is 0 Å². The molecule has 1 aliphatic heterocycles. The Hall–Kier alpha value is -2.08. The van der Waals surface area contributed by atoms with Gasteiger partial charge in [-0.15, -0.1) is 0 Å². The maximum absolute atomic E-state index is 12.1. The first kappa shape index (κ1) is 20.6. The molecule has 154 valence electrons. The van der Waals surface area contributed by atoms with Crippen LogP contribution < -0.4 is 16.0 Å². The lowest BCUT2D eigenvalue weighted by Gasteiger charge is -2.35. The summed E-state index contributed by atoms with van der Waals surface area (Å²) in [6, 6.07) is 9.14. The van der Waals surface area contributed by atoms with Crippen molar-refractivity contribution in [2.75, 3.05) is 25.5 Å². The molecular formula is C22H35N5O.